The Labute approximate surface area is 188 Å². The van der Waals surface area contributed by atoms with E-state index < -0.39 is 5.60 Å². The van der Waals surface area contributed by atoms with Gasteiger partial charge in [-0.3, -0.25) is 4.79 Å². The van der Waals surface area contributed by atoms with Gasteiger partial charge in [0.05, 0.1) is 0 Å². The highest BCUT2D eigenvalue weighted by atomic mass is 16.5. The van der Waals surface area contributed by atoms with E-state index in [-0.39, 0.29) is 5.78 Å². The minimum absolute atomic E-state index is 0.0962. The molecular weight excluding hydrogens is 392 g/mol. The van der Waals surface area contributed by atoms with Crippen molar-refractivity contribution in [3.05, 3.63) is 156 Å². The zero-order valence-corrected chi connectivity index (χ0v) is 17.5. The van der Waals surface area contributed by atoms with Crippen LogP contribution in [0.4, 0.5) is 0 Å². The zero-order chi connectivity index (χ0) is 21.8. The molecule has 0 saturated heterocycles. The molecule has 1 unspecified atom stereocenters. The molecule has 1 heterocycles. The van der Waals surface area contributed by atoms with Crippen molar-refractivity contribution in [3.63, 3.8) is 0 Å². The van der Waals surface area contributed by atoms with E-state index >= 15 is 0 Å². The molecule has 4 aromatic carbocycles. The molecule has 2 nitrogen and oxygen atoms in total. The summed E-state index contributed by atoms with van der Waals surface area (Å²) in [6.45, 7) is 0. The summed E-state index contributed by atoms with van der Waals surface area (Å²) in [5.74, 6) is 0.591. The standard InChI is InChI=1S/C30H22O2/c31-29(25-17-9-3-10-18-25)30(26-19-11-4-12-20-26)22-21-27(23-13-5-1-6-14-23)28(32-30)24-15-7-2-8-16-24/h1-22H. The van der Waals surface area contributed by atoms with Gasteiger partial charge in [-0.2, -0.15) is 0 Å². The van der Waals surface area contributed by atoms with Crippen LogP contribution in [0.5, 0.6) is 0 Å². The highest BCUT2D eigenvalue weighted by molar-refractivity contribution is 6.07. The molecule has 1 aliphatic rings. The molecule has 0 radical (unpaired) electrons. The van der Waals surface area contributed by atoms with Gasteiger partial charge >= 0.3 is 0 Å². The van der Waals surface area contributed by atoms with Gasteiger partial charge in [0.25, 0.3) is 0 Å². The van der Waals surface area contributed by atoms with E-state index in [9.17, 15) is 4.79 Å². The molecule has 154 valence electrons. The first-order valence-electron chi connectivity index (χ1n) is 10.7. The first-order valence-corrected chi connectivity index (χ1v) is 10.7. The van der Waals surface area contributed by atoms with Gasteiger partial charge in [-0.1, -0.05) is 121 Å². The number of ketones is 1. The highest BCUT2D eigenvalue weighted by Crippen LogP contribution is 2.43. The van der Waals surface area contributed by atoms with Gasteiger partial charge in [-0.05, 0) is 17.7 Å². The van der Waals surface area contributed by atoms with Crippen molar-refractivity contribution in [2.45, 2.75) is 5.60 Å². The smallest absolute Gasteiger partial charge is 0.215 e. The third kappa shape index (κ3) is 3.57. The fourth-order valence-corrected chi connectivity index (χ4v) is 4.07. The molecular formula is C30H22O2. The summed E-state index contributed by atoms with van der Waals surface area (Å²) >= 11 is 0. The molecule has 32 heavy (non-hydrogen) atoms. The second-order valence-electron chi connectivity index (χ2n) is 7.71. The van der Waals surface area contributed by atoms with Crippen LogP contribution in [0, 0.1) is 0 Å². The van der Waals surface area contributed by atoms with Crippen molar-refractivity contribution in [2.24, 2.45) is 0 Å². The molecule has 0 saturated carbocycles. The van der Waals surface area contributed by atoms with Gasteiger partial charge in [0.15, 0.2) is 0 Å². The number of carbonyl (C=O) groups is 1. The summed E-state index contributed by atoms with van der Waals surface area (Å²) in [6.07, 6.45) is 3.92. The third-order valence-electron chi connectivity index (χ3n) is 5.69. The van der Waals surface area contributed by atoms with Gasteiger partial charge in [-0.15, -0.1) is 0 Å². The van der Waals surface area contributed by atoms with E-state index in [1.807, 2.05) is 121 Å². The van der Waals surface area contributed by atoms with Crippen LogP contribution in [-0.2, 0) is 10.3 Å². The number of rotatable bonds is 5. The number of hydrogen-bond donors (Lipinski definition) is 0. The van der Waals surface area contributed by atoms with E-state index in [0.717, 1.165) is 22.3 Å². The van der Waals surface area contributed by atoms with Crippen molar-refractivity contribution in [3.8, 4) is 0 Å². The van der Waals surface area contributed by atoms with Gasteiger partial charge in [0.1, 0.15) is 5.76 Å². The van der Waals surface area contributed by atoms with Crippen LogP contribution >= 0.6 is 0 Å². The van der Waals surface area contributed by atoms with E-state index in [1.54, 1.807) is 0 Å². The predicted octanol–water partition coefficient (Wildman–Crippen LogP) is 6.92. The Balaban J connectivity index is 1.72. The maximum Gasteiger partial charge on any atom is 0.215 e. The van der Waals surface area contributed by atoms with Crippen molar-refractivity contribution < 1.29 is 9.53 Å². The maximum atomic E-state index is 13.9. The van der Waals surface area contributed by atoms with Crippen LogP contribution in [0.3, 0.4) is 0 Å². The monoisotopic (exact) mass is 414 g/mol. The molecule has 1 atom stereocenters. The Morgan fingerprint density at radius 3 is 1.69 bits per heavy atom. The van der Waals surface area contributed by atoms with E-state index in [1.165, 1.54) is 0 Å². The Kier molecular flexibility index (Phi) is 5.27. The van der Waals surface area contributed by atoms with Crippen LogP contribution in [0.15, 0.2) is 133 Å². The molecule has 0 fully saturated rings. The number of Topliss-reactive ketones (excluding diaryl/α,β-unsaturated/α-hetero) is 1. The van der Waals surface area contributed by atoms with Crippen LogP contribution in [0.2, 0.25) is 0 Å². The quantitative estimate of drug-likeness (QED) is 0.331. The van der Waals surface area contributed by atoms with Crippen LogP contribution in [0.25, 0.3) is 11.3 Å². The zero-order valence-electron chi connectivity index (χ0n) is 17.5. The van der Waals surface area contributed by atoms with E-state index in [4.69, 9.17) is 4.74 Å². The summed E-state index contributed by atoms with van der Waals surface area (Å²) in [4.78, 5) is 13.9. The SMILES string of the molecule is O=C(c1ccccc1)C1(c2ccccc2)C=CC(c2ccccc2)=C(c2ccccc2)O1. The molecule has 1 aliphatic heterocycles. The predicted molar refractivity (Wildman–Crippen MR) is 129 cm³/mol. The van der Waals surface area contributed by atoms with Crippen LogP contribution in [0.1, 0.15) is 27.0 Å². The summed E-state index contributed by atoms with van der Waals surface area (Å²) in [5, 5.41) is 0. The van der Waals surface area contributed by atoms with Crippen molar-refractivity contribution in [2.75, 3.05) is 0 Å². The lowest BCUT2D eigenvalue weighted by Gasteiger charge is -2.36. The number of carbonyl (C=O) groups excluding carboxylic acids is 1. The molecule has 0 spiro atoms. The Hall–Kier alpha value is -4.17. The number of hydrogen-bond acceptors (Lipinski definition) is 2. The third-order valence-corrected chi connectivity index (χ3v) is 5.69. The van der Waals surface area contributed by atoms with E-state index in [2.05, 4.69) is 12.1 Å². The lowest BCUT2D eigenvalue weighted by molar-refractivity contribution is 0.0506. The van der Waals surface area contributed by atoms with Crippen molar-refractivity contribution in [1.29, 1.82) is 0 Å². The Morgan fingerprint density at radius 1 is 0.594 bits per heavy atom. The lowest BCUT2D eigenvalue weighted by atomic mass is 9.82. The topological polar surface area (TPSA) is 26.3 Å². The molecule has 4 aromatic rings. The molecule has 0 aromatic heterocycles. The molecule has 5 rings (SSSR count). The summed E-state index contributed by atoms with van der Waals surface area (Å²) in [5.41, 5.74) is 3.06. The second kappa shape index (κ2) is 8.52. The number of allylic oxidation sites excluding steroid dienone is 2. The summed E-state index contributed by atoms with van der Waals surface area (Å²) < 4.78 is 6.77. The van der Waals surface area contributed by atoms with Crippen molar-refractivity contribution in [1.82, 2.24) is 0 Å². The first-order chi connectivity index (χ1) is 15.8. The lowest BCUT2D eigenvalue weighted by Crippen LogP contribution is -2.38. The molecule has 0 N–H and O–H groups in total. The Morgan fingerprint density at radius 2 is 1.09 bits per heavy atom. The largest absolute Gasteiger partial charge is 0.469 e. The number of benzene rings is 4. The molecule has 2 heteroatoms. The normalized spacial score (nSPS) is 17.6. The summed E-state index contributed by atoms with van der Waals surface area (Å²) in [6, 6.07) is 39.1. The van der Waals surface area contributed by atoms with Crippen LogP contribution < -0.4 is 0 Å². The summed E-state index contributed by atoms with van der Waals surface area (Å²) in [7, 11) is 0. The van der Waals surface area contributed by atoms with Gasteiger partial charge < -0.3 is 4.74 Å². The van der Waals surface area contributed by atoms with Gasteiger partial charge in [0.2, 0.25) is 11.4 Å². The minimum atomic E-state index is -1.26. The highest BCUT2D eigenvalue weighted by Gasteiger charge is 2.43. The fourth-order valence-electron chi connectivity index (χ4n) is 4.07. The van der Waals surface area contributed by atoms with Gasteiger partial charge in [-0.25, -0.2) is 0 Å². The minimum Gasteiger partial charge on any atom is -0.469 e. The number of ether oxygens (including phenoxy) is 1. The maximum absolute atomic E-state index is 13.9. The van der Waals surface area contributed by atoms with Crippen LogP contribution in [-0.4, -0.2) is 5.78 Å². The average Bonchev–Trinajstić information content (AvgIpc) is 2.90. The fraction of sp³-hybridized carbons (Fsp3) is 0.0333. The van der Waals surface area contributed by atoms with E-state index in [0.29, 0.717) is 11.3 Å². The Bertz CT molecular complexity index is 1270. The average molecular weight is 415 g/mol. The van der Waals surface area contributed by atoms with Gasteiger partial charge in [0, 0.05) is 22.3 Å². The van der Waals surface area contributed by atoms with Crippen molar-refractivity contribution >= 4 is 17.1 Å². The second-order valence-corrected chi connectivity index (χ2v) is 7.71. The molecule has 0 amide bonds. The molecule has 0 aliphatic carbocycles. The first kappa shape index (κ1) is 19.8. The molecule has 0 bridgehead atoms.